The molecule has 0 aliphatic carbocycles. The van der Waals surface area contributed by atoms with Crippen molar-refractivity contribution < 1.29 is 19.1 Å². The minimum atomic E-state index is -0.754. The summed E-state index contributed by atoms with van der Waals surface area (Å²) in [5.41, 5.74) is 4.30. The Balaban J connectivity index is 1.80. The lowest BCUT2D eigenvalue weighted by Crippen LogP contribution is -2.54. The Hall–Kier alpha value is -1.92. The van der Waals surface area contributed by atoms with E-state index in [1.165, 1.54) is 17.7 Å². The average Bonchev–Trinajstić information content (AvgIpc) is 2.52. The summed E-state index contributed by atoms with van der Waals surface area (Å²) in [6, 6.07) is 10.0. The van der Waals surface area contributed by atoms with Crippen LogP contribution in [-0.2, 0) is 25.5 Å². The molecule has 0 aromatic heterocycles. The lowest BCUT2D eigenvalue weighted by Gasteiger charge is -2.32. The standard InChI is InChI=1S/C15H20N2O4/c1-20-14(18)11-13-15(19)17(9-10-21-13)16-8-7-12-5-3-2-4-6-12/h2-6,13,16H,7-11H2,1H3/t13-/m1/s1. The van der Waals surface area contributed by atoms with E-state index in [0.29, 0.717) is 19.7 Å². The van der Waals surface area contributed by atoms with Gasteiger partial charge in [-0.2, -0.15) is 0 Å². The molecule has 0 saturated carbocycles. The van der Waals surface area contributed by atoms with E-state index >= 15 is 0 Å². The Morgan fingerprint density at radius 1 is 1.43 bits per heavy atom. The zero-order valence-electron chi connectivity index (χ0n) is 12.1. The van der Waals surface area contributed by atoms with Gasteiger partial charge < -0.3 is 9.47 Å². The number of rotatable bonds is 6. The van der Waals surface area contributed by atoms with Crippen molar-refractivity contribution in [2.75, 3.05) is 26.8 Å². The van der Waals surface area contributed by atoms with Crippen molar-refractivity contribution in [1.82, 2.24) is 10.4 Å². The molecule has 1 saturated heterocycles. The van der Waals surface area contributed by atoms with Crippen LogP contribution in [0, 0.1) is 0 Å². The molecule has 0 radical (unpaired) electrons. The van der Waals surface area contributed by atoms with E-state index in [-0.39, 0.29) is 12.3 Å². The number of carbonyl (C=O) groups excluding carboxylic acids is 2. The minimum Gasteiger partial charge on any atom is -0.469 e. The predicted molar refractivity (Wildman–Crippen MR) is 76.2 cm³/mol. The second-order valence-electron chi connectivity index (χ2n) is 4.77. The molecule has 1 heterocycles. The Morgan fingerprint density at radius 3 is 2.90 bits per heavy atom. The summed E-state index contributed by atoms with van der Waals surface area (Å²) in [5.74, 6) is -0.667. The molecule has 1 aromatic rings. The highest BCUT2D eigenvalue weighted by Gasteiger charge is 2.31. The largest absolute Gasteiger partial charge is 0.469 e. The topological polar surface area (TPSA) is 67.9 Å². The summed E-state index contributed by atoms with van der Waals surface area (Å²) in [4.78, 5) is 23.4. The van der Waals surface area contributed by atoms with Crippen molar-refractivity contribution in [3.63, 3.8) is 0 Å². The van der Waals surface area contributed by atoms with E-state index in [4.69, 9.17) is 4.74 Å². The van der Waals surface area contributed by atoms with Gasteiger partial charge in [0.25, 0.3) is 5.91 Å². The molecule has 1 atom stereocenters. The number of ether oxygens (including phenoxy) is 2. The van der Waals surface area contributed by atoms with Crippen LogP contribution in [0.2, 0.25) is 0 Å². The number of carbonyl (C=O) groups is 2. The second-order valence-corrected chi connectivity index (χ2v) is 4.77. The first-order valence-electron chi connectivity index (χ1n) is 6.98. The molecule has 1 fully saturated rings. The maximum atomic E-state index is 12.1. The lowest BCUT2D eigenvalue weighted by molar-refractivity contribution is -0.163. The summed E-state index contributed by atoms with van der Waals surface area (Å²) < 4.78 is 9.89. The summed E-state index contributed by atoms with van der Waals surface area (Å²) in [6.45, 7) is 1.54. The molecule has 0 spiro atoms. The smallest absolute Gasteiger partial charge is 0.308 e. The first-order valence-corrected chi connectivity index (χ1v) is 6.98. The highest BCUT2D eigenvalue weighted by Crippen LogP contribution is 2.09. The van der Waals surface area contributed by atoms with Crippen molar-refractivity contribution >= 4 is 11.9 Å². The van der Waals surface area contributed by atoms with Gasteiger partial charge in [0.05, 0.1) is 26.7 Å². The quantitative estimate of drug-likeness (QED) is 0.774. The Labute approximate surface area is 124 Å². The number of nitrogens with zero attached hydrogens (tertiary/aromatic N) is 1. The predicted octanol–water partition coefficient (Wildman–Crippen LogP) is 0.524. The third-order valence-electron chi connectivity index (χ3n) is 3.31. The summed E-state index contributed by atoms with van der Waals surface area (Å²) in [5, 5.41) is 1.53. The third kappa shape index (κ3) is 4.54. The van der Waals surface area contributed by atoms with Crippen LogP contribution in [-0.4, -0.2) is 49.8 Å². The molecule has 6 nitrogen and oxygen atoms in total. The summed E-state index contributed by atoms with van der Waals surface area (Å²) >= 11 is 0. The fourth-order valence-electron chi connectivity index (χ4n) is 2.16. The number of hydrogen-bond donors (Lipinski definition) is 1. The first-order chi connectivity index (χ1) is 10.2. The summed E-state index contributed by atoms with van der Waals surface area (Å²) in [6.07, 6.45) is 0.0229. The van der Waals surface area contributed by atoms with Gasteiger partial charge in [-0.15, -0.1) is 0 Å². The van der Waals surface area contributed by atoms with Crippen LogP contribution in [0.3, 0.4) is 0 Å². The van der Waals surface area contributed by atoms with Crippen LogP contribution in [0.4, 0.5) is 0 Å². The zero-order valence-corrected chi connectivity index (χ0v) is 12.1. The van der Waals surface area contributed by atoms with Crippen molar-refractivity contribution in [2.45, 2.75) is 18.9 Å². The molecule has 6 heteroatoms. The van der Waals surface area contributed by atoms with E-state index in [1.807, 2.05) is 30.3 Å². The monoisotopic (exact) mass is 292 g/mol. The molecule has 1 N–H and O–H groups in total. The van der Waals surface area contributed by atoms with Gasteiger partial charge in [0.2, 0.25) is 0 Å². The highest BCUT2D eigenvalue weighted by molar-refractivity contribution is 5.85. The van der Waals surface area contributed by atoms with E-state index in [2.05, 4.69) is 10.2 Å². The van der Waals surface area contributed by atoms with Gasteiger partial charge in [0.1, 0.15) is 6.10 Å². The fraction of sp³-hybridized carbons (Fsp3) is 0.467. The maximum Gasteiger partial charge on any atom is 0.308 e. The van der Waals surface area contributed by atoms with Crippen LogP contribution in [0.25, 0.3) is 0 Å². The van der Waals surface area contributed by atoms with Crippen molar-refractivity contribution in [1.29, 1.82) is 0 Å². The molecule has 1 aliphatic rings. The number of nitrogens with one attached hydrogen (secondary N) is 1. The van der Waals surface area contributed by atoms with E-state index in [0.717, 1.165) is 6.42 Å². The molecule has 114 valence electrons. The van der Waals surface area contributed by atoms with Crippen molar-refractivity contribution in [2.24, 2.45) is 0 Å². The van der Waals surface area contributed by atoms with Crippen LogP contribution in [0.5, 0.6) is 0 Å². The molecule has 21 heavy (non-hydrogen) atoms. The Kier molecular flexibility index (Phi) is 5.71. The van der Waals surface area contributed by atoms with Gasteiger partial charge >= 0.3 is 5.97 Å². The van der Waals surface area contributed by atoms with Gasteiger partial charge in [-0.1, -0.05) is 30.3 Å². The van der Waals surface area contributed by atoms with E-state index < -0.39 is 12.1 Å². The fourth-order valence-corrected chi connectivity index (χ4v) is 2.16. The first kappa shape index (κ1) is 15.5. The molecular weight excluding hydrogens is 272 g/mol. The lowest BCUT2D eigenvalue weighted by atomic mass is 10.1. The number of benzene rings is 1. The minimum absolute atomic E-state index is 0.0494. The average molecular weight is 292 g/mol. The zero-order chi connectivity index (χ0) is 15.1. The van der Waals surface area contributed by atoms with Crippen molar-refractivity contribution in [3.8, 4) is 0 Å². The highest BCUT2D eigenvalue weighted by atomic mass is 16.5. The molecule has 1 aromatic carbocycles. The van der Waals surface area contributed by atoms with Gasteiger partial charge in [-0.05, 0) is 12.0 Å². The Morgan fingerprint density at radius 2 is 2.19 bits per heavy atom. The molecule has 1 aliphatic heterocycles. The van der Waals surface area contributed by atoms with E-state index in [9.17, 15) is 9.59 Å². The van der Waals surface area contributed by atoms with E-state index in [1.54, 1.807) is 0 Å². The number of hydrogen-bond acceptors (Lipinski definition) is 5. The molecule has 0 bridgehead atoms. The van der Waals surface area contributed by atoms with Crippen LogP contribution >= 0.6 is 0 Å². The second kappa shape index (κ2) is 7.75. The van der Waals surface area contributed by atoms with Gasteiger partial charge in [-0.25, -0.2) is 5.43 Å². The SMILES string of the molecule is COC(=O)C[C@H]1OCCN(NCCc2ccccc2)C1=O. The van der Waals surface area contributed by atoms with Crippen LogP contribution in [0.15, 0.2) is 30.3 Å². The molecule has 1 amide bonds. The molecule has 0 unspecified atom stereocenters. The Bertz CT molecular complexity index is 478. The molecular formula is C15H20N2O4. The number of esters is 1. The number of methoxy groups -OCH3 is 1. The number of hydrazine groups is 1. The molecule has 2 rings (SSSR count). The van der Waals surface area contributed by atoms with Crippen molar-refractivity contribution in [3.05, 3.63) is 35.9 Å². The van der Waals surface area contributed by atoms with Gasteiger partial charge in [-0.3, -0.25) is 14.6 Å². The third-order valence-corrected chi connectivity index (χ3v) is 3.31. The number of morpholine rings is 1. The van der Waals surface area contributed by atoms with Crippen LogP contribution < -0.4 is 5.43 Å². The normalized spacial score (nSPS) is 18.6. The van der Waals surface area contributed by atoms with Gasteiger partial charge in [0, 0.05) is 6.54 Å². The van der Waals surface area contributed by atoms with Gasteiger partial charge in [0.15, 0.2) is 0 Å². The maximum absolute atomic E-state index is 12.1. The number of amides is 1. The van der Waals surface area contributed by atoms with Crippen LogP contribution in [0.1, 0.15) is 12.0 Å². The summed E-state index contributed by atoms with van der Waals surface area (Å²) in [7, 11) is 1.30.